The minimum atomic E-state index is 0.170. The van der Waals surface area contributed by atoms with Crippen LogP contribution in [0.5, 0.6) is 0 Å². The van der Waals surface area contributed by atoms with Crippen molar-refractivity contribution in [3.63, 3.8) is 0 Å². The molecule has 2 heterocycles. The Bertz CT molecular complexity index is 412. The molecule has 1 aromatic carbocycles. The third-order valence-electron chi connectivity index (χ3n) is 3.24. The first-order valence-corrected chi connectivity index (χ1v) is 5.83. The molecule has 1 fully saturated rings. The highest BCUT2D eigenvalue weighted by Crippen LogP contribution is 2.20. The van der Waals surface area contributed by atoms with Gasteiger partial charge >= 0.3 is 0 Å². The Hall–Kier alpha value is -1.35. The molecule has 0 radical (unpaired) electrons. The minimum Gasteiger partial charge on any atom is -0.371 e. The lowest BCUT2D eigenvalue weighted by Crippen LogP contribution is -2.34. The van der Waals surface area contributed by atoms with Crippen LogP contribution in [0.15, 0.2) is 24.3 Å². The van der Waals surface area contributed by atoms with E-state index < -0.39 is 0 Å². The van der Waals surface area contributed by atoms with Gasteiger partial charge in [0, 0.05) is 18.7 Å². The van der Waals surface area contributed by atoms with Crippen molar-refractivity contribution in [1.82, 2.24) is 4.90 Å². The minimum absolute atomic E-state index is 0.170. The van der Waals surface area contributed by atoms with Crippen molar-refractivity contribution in [2.45, 2.75) is 18.9 Å². The van der Waals surface area contributed by atoms with E-state index in [9.17, 15) is 4.79 Å². The van der Waals surface area contributed by atoms with E-state index in [2.05, 4.69) is 6.07 Å². The van der Waals surface area contributed by atoms with Crippen LogP contribution in [-0.2, 0) is 11.2 Å². The number of carbonyl (C=O) groups is 1. The summed E-state index contributed by atoms with van der Waals surface area (Å²) in [5, 5.41) is 0. The first-order valence-electron chi connectivity index (χ1n) is 5.83. The molecule has 0 N–H and O–H groups in total. The van der Waals surface area contributed by atoms with Crippen LogP contribution in [0.3, 0.4) is 0 Å². The van der Waals surface area contributed by atoms with Gasteiger partial charge in [-0.05, 0) is 24.5 Å². The molecule has 0 spiro atoms. The molecule has 1 aromatic rings. The van der Waals surface area contributed by atoms with Crippen LogP contribution in [0.25, 0.3) is 0 Å². The zero-order valence-corrected chi connectivity index (χ0v) is 9.19. The van der Waals surface area contributed by atoms with E-state index in [1.807, 2.05) is 23.1 Å². The van der Waals surface area contributed by atoms with Gasteiger partial charge in [-0.3, -0.25) is 4.79 Å². The molecule has 2 aliphatic heterocycles. The first-order chi connectivity index (χ1) is 7.84. The Morgan fingerprint density at radius 3 is 3.00 bits per heavy atom. The van der Waals surface area contributed by atoms with Crippen molar-refractivity contribution in [3.8, 4) is 0 Å². The number of nitrogens with zero attached hydrogens (tertiary/aromatic N) is 1. The van der Waals surface area contributed by atoms with Gasteiger partial charge in [-0.25, -0.2) is 0 Å². The summed E-state index contributed by atoms with van der Waals surface area (Å²) in [7, 11) is 0. The number of benzene rings is 1. The highest BCUT2D eigenvalue weighted by atomic mass is 16.6. The van der Waals surface area contributed by atoms with Crippen LogP contribution in [0.4, 0.5) is 0 Å². The topological polar surface area (TPSA) is 32.8 Å². The fourth-order valence-corrected chi connectivity index (χ4v) is 2.27. The van der Waals surface area contributed by atoms with E-state index in [-0.39, 0.29) is 12.0 Å². The summed E-state index contributed by atoms with van der Waals surface area (Å²) in [5.74, 6) is 0.170. The smallest absolute Gasteiger partial charge is 0.254 e. The molecule has 3 rings (SSSR count). The predicted octanol–water partition coefficient (Wildman–Crippen LogP) is 1.47. The molecular formula is C13H15NO2. The molecule has 16 heavy (non-hydrogen) atoms. The van der Waals surface area contributed by atoms with Crippen LogP contribution in [0.2, 0.25) is 0 Å². The predicted molar refractivity (Wildman–Crippen MR) is 60.4 cm³/mol. The average molecular weight is 217 g/mol. The monoisotopic (exact) mass is 217 g/mol. The Labute approximate surface area is 95.0 Å². The van der Waals surface area contributed by atoms with E-state index in [0.717, 1.165) is 38.1 Å². The summed E-state index contributed by atoms with van der Waals surface area (Å²) in [4.78, 5) is 14.2. The molecule has 3 nitrogen and oxygen atoms in total. The summed E-state index contributed by atoms with van der Waals surface area (Å²) >= 11 is 0. The molecule has 3 heteroatoms. The number of hydrogen-bond donors (Lipinski definition) is 0. The van der Waals surface area contributed by atoms with E-state index >= 15 is 0 Å². The molecule has 2 aliphatic rings. The molecular weight excluding hydrogens is 202 g/mol. The second-order valence-corrected chi connectivity index (χ2v) is 4.47. The Morgan fingerprint density at radius 2 is 2.19 bits per heavy atom. The van der Waals surface area contributed by atoms with Crippen molar-refractivity contribution >= 4 is 5.91 Å². The van der Waals surface area contributed by atoms with Gasteiger partial charge in [-0.15, -0.1) is 0 Å². The summed E-state index contributed by atoms with van der Waals surface area (Å²) in [6, 6.07) is 7.94. The number of ether oxygens (including phenoxy) is 1. The van der Waals surface area contributed by atoms with Gasteiger partial charge in [0.05, 0.1) is 12.7 Å². The van der Waals surface area contributed by atoms with Crippen molar-refractivity contribution in [2.75, 3.05) is 19.7 Å². The van der Waals surface area contributed by atoms with E-state index in [1.165, 1.54) is 5.56 Å². The van der Waals surface area contributed by atoms with Gasteiger partial charge in [-0.1, -0.05) is 18.2 Å². The summed E-state index contributed by atoms with van der Waals surface area (Å²) < 4.78 is 5.19. The molecule has 0 saturated carbocycles. The number of amides is 1. The first kappa shape index (κ1) is 9.85. The number of fused-ring (bicyclic) bond motifs is 1. The maximum Gasteiger partial charge on any atom is 0.254 e. The number of hydrogen-bond acceptors (Lipinski definition) is 2. The van der Waals surface area contributed by atoms with E-state index in [0.29, 0.717) is 0 Å². The van der Waals surface area contributed by atoms with Gasteiger partial charge < -0.3 is 9.64 Å². The van der Waals surface area contributed by atoms with Gasteiger partial charge in [0.15, 0.2) is 0 Å². The standard InChI is InChI=1S/C13H15NO2/c15-13-12-6-2-1-4-10(12)5-3-7-14(13)8-11-9-16-11/h1-2,4,6,11H,3,5,7-9H2. The zero-order valence-electron chi connectivity index (χ0n) is 9.19. The largest absolute Gasteiger partial charge is 0.371 e. The summed E-state index contributed by atoms with van der Waals surface area (Å²) in [5.41, 5.74) is 2.06. The van der Waals surface area contributed by atoms with Gasteiger partial charge in [0.1, 0.15) is 0 Å². The molecule has 1 saturated heterocycles. The Kier molecular flexibility index (Phi) is 2.40. The number of carbonyl (C=O) groups excluding carboxylic acids is 1. The normalized spacial score (nSPS) is 23.9. The SMILES string of the molecule is O=C1c2ccccc2CCCN1CC1CO1. The maximum absolute atomic E-state index is 12.3. The molecule has 0 aromatic heterocycles. The fraction of sp³-hybridized carbons (Fsp3) is 0.462. The number of aryl methyl sites for hydroxylation is 1. The molecule has 0 bridgehead atoms. The van der Waals surface area contributed by atoms with Crippen molar-refractivity contribution < 1.29 is 9.53 Å². The van der Waals surface area contributed by atoms with Crippen LogP contribution < -0.4 is 0 Å². The average Bonchev–Trinajstić information content (AvgIpc) is 3.11. The molecule has 1 atom stereocenters. The van der Waals surface area contributed by atoms with Crippen LogP contribution in [-0.4, -0.2) is 36.6 Å². The molecule has 84 valence electrons. The summed E-state index contributed by atoms with van der Waals surface area (Å²) in [6.45, 7) is 2.42. The molecule has 0 aliphatic carbocycles. The quantitative estimate of drug-likeness (QED) is 0.703. The lowest BCUT2D eigenvalue weighted by molar-refractivity contribution is 0.0748. The highest BCUT2D eigenvalue weighted by molar-refractivity contribution is 5.96. The van der Waals surface area contributed by atoms with Gasteiger partial charge in [0.25, 0.3) is 5.91 Å². The Morgan fingerprint density at radius 1 is 1.38 bits per heavy atom. The van der Waals surface area contributed by atoms with Gasteiger partial charge in [0.2, 0.25) is 0 Å². The third kappa shape index (κ3) is 1.83. The maximum atomic E-state index is 12.3. The van der Waals surface area contributed by atoms with Crippen molar-refractivity contribution in [2.24, 2.45) is 0 Å². The zero-order chi connectivity index (χ0) is 11.0. The second kappa shape index (κ2) is 3.91. The Balaban J connectivity index is 1.87. The lowest BCUT2D eigenvalue weighted by atomic mass is 10.0. The summed E-state index contributed by atoms with van der Waals surface area (Å²) in [6.07, 6.45) is 2.34. The van der Waals surface area contributed by atoms with Crippen molar-refractivity contribution in [1.29, 1.82) is 0 Å². The van der Waals surface area contributed by atoms with Crippen LogP contribution in [0.1, 0.15) is 22.3 Å². The van der Waals surface area contributed by atoms with Gasteiger partial charge in [-0.2, -0.15) is 0 Å². The van der Waals surface area contributed by atoms with Crippen LogP contribution in [0, 0.1) is 0 Å². The number of epoxide rings is 1. The molecule has 1 amide bonds. The third-order valence-corrected chi connectivity index (χ3v) is 3.24. The number of rotatable bonds is 2. The van der Waals surface area contributed by atoms with Crippen molar-refractivity contribution in [3.05, 3.63) is 35.4 Å². The fourth-order valence-electron chi connectivity index (χ4n) is 2.27. The lowest BCUT2D eigenvalue weighted by Gasteiger charge is -2.19. The highest BCUT2D eigenvalue weighted by Gasteiger charge is 2.29. The second-order valence-electron chi connectivity index (χ2n) is 4.47. The van der Waals surface area contributed by atoms with Crippen LogP contribution >= 0.6 is 0 Å². The van der Waals surface area contributed by atoms with E-state index in [1.54, 1.807) is 0 Å². The molecule has 1 unspecified atom stereocenters. The van der Waals surface area contributed by atoms with E-state index in [4.69, 9.17) is 4.74 Å².